The average Bonchev–Trinajstić information content (AvgIpc) is 0.918. The fourth-order valence-electron chi connectivity index (χ4n) is 0. The van der Waals surface area contributed by atoms with Crippen molar-refractivity contribution in [3.05, 3.63) is 0 Å². The van der Waals surface area contributed by atoms with E-state index in [0.29, 0.717) is 0 Å². The van der Waals surface area contributed by atoms with Gasteiger partial charge in [-0.2, -0.15) is 0 Å². The Morgan fingerprint density at radius 3 is 1.17 bits per heavy atom. The maximum absolute atomic E-state index is 2.67. The molecule has 0 nitrogen and oxygen atoms in total. The van der Waals surface area contributed by atoms with E-state index in [1.54, 1.807) is 0 Å². The third-order valence-corrected chi connectivity index (χ3v) is 0. The zero-order chi connectivity index (χ0) is 2.71. The minimum atomic E-state index is 0. The standard InChI is InChI=1S/Cu.SSe2.Sn.Zn/c;2-1-3;;. The molecule has 0 saturated carbocycles. The van der Waals surface area contributed by atoms with Gasteiger partial charge in [0.25, 0.3) is 0 Å². The van der Waals surface area contributed by atoms with Crippen LogP contribution in [0.2, 0.25) is 0 Å². The van der Waals surface area contributed by atoms with Gasteiger partial charge in [0, 0.05) is 60.5 Å². The van der Waals surface area contributed by atoms with Gasteiger partial charge in [-0.05, 0) is 0 Å². The summed E-state index contributed by atoms with van der Waals surface area (Å²) >= 11 is 5.33. The topological polar surface area (TPSA) is 0 Å². The van der Waals surface area contributed by atoms with Crippen LogP contribution < -0.4 is 0 Å². The monoisotopic (exact) mass is 439 g/mol. The summed E-state index contributed by atoms with van der Waals surface area (Å²) in [5.74, 6) is 0. The van der Waals surface area contributed by atoms with Crippen LogP contribution in [0.15, 0.2) is 0 Å². The molecule has 0 bridgehead atoms. The van der Waals surface area contributed by atoms with Crippen LogP contribution in [-0.4, -0.2) is 52.7 Å². The Hall–Kier alpha value is 3.20. The summed E-state index contributed by atoms with van der Waals surface area (Å²) in [6.07, 6.45) is 0. The molecule has 0 aliphatic rings. The molecule has 0 N–H and O–H groups in total. The van der Waals surface area contributed by atoms with E-state index in [2.05, 4.69) is 28.8 Å². The van der Waals surface area contributed by atoms with E-state index in [1.165, 1.54) is 7.61 Å². The Kier molecular flexibility index (Phi) is 91.9. The summed E-state index contributed by atoms with van der Waals surface area (Å²) in [6, 6.07) is 0. The fraction of sp³-hybridized carbons (Fsp3) is 0. The Morgan fingerprint density at radius 1 is 1.17 bits per heavy atom. The molecule has 35 valence electrons. The predicted octanol–water partition coefficient (Wildman–Crippen LogP) is -0.499. The zero-order valence-corrected chi connectivity index (χ0v) is 13.7. The van der Waals surface area contributed by atoms with E-state index in [1.807, 2.05) is 0 Å². The zero-order valence-electron chi connectivity index (χ0n) is 2.73. The quantitative estimate of drug-likeness (QED) is 0.449. The summed E-state index contributed by atoms with van der Waals surface area (Å²) in [4.78, 5) is 0. The van der Waals surface area contributed by atoms with Gasteiger partial charge < -0.3 is 0 Å². The molecule has 0 heterocycles. The van der Waals surface area contributed by atoms with Crippen LogP contribution in [0, 0.1) is 0 Å². The summed E-state index contributed by atoms with van der Waals surface area (Å²) in [7, 11) is 1.50. The van der Waals surface area contributed by atoms with Crippen LogP contribution in [0.25, 0.3) is 0 Å². The van der Waals surface area contributed by atoms with E-state index in [4.69, 9.17) is 0 Å². The van der Waals surface area contributed by atoms with Crippen LogP contribution in [0.1, 0.15) is 0 Å². The molecule has 0 aliphatic heterocycles. The molecular weight excluding hydrogens is 438 g/mol. The Labute approximate surface area is 95.1 Å². The van der Waals surface area contributed by atoms with Crippen LogP contribution >= 0.6 is 7.61 Å². The van der Waals surface area contributed by atoms with Crippen molar-refractivity contribution in [2.75, 3.05) is 0 Å². The molecule has 6 heavy (non-hydrogen) atoms. The first-order valence-corrected chi connectivity index (χ1v) is 5.20. The summed E-state index contributed by atoms with van der Waals surface area (Å²) in [5, 5.41) is 0. The molecule has 0 aromatic heterocycles. The van der Waals surface area contributed by atoms with Gasteiger partial charge in [0.15, 0.2) is 0 Å². The molecule has 0 saturated heterocycles. The third-order valence-electron chi connectivity index (χ3n) is 0. The van der Waals surface area contributed by atoms with Crippen molar-refractivity contribution in [1.29, 1.82) is 0 Å². The predicted molar refractivity (Wildman–Crippen MR) is 24.9 cm³/mol. The van der Waals surface area contributed by atoms with Crippen molar-refractivity contribution in [2.45, 2.75) is 0 Å². The Balaban J connectivity index is -0.00000000667. The van der Waals surface area contributed by atoms with E-state index in [9.17, 15) is 0 Å². The maximum atomic E-state index is 2.67. The summed E-state index contributed by atoms with van der Waals surface area (Å²) < 4.78 is 0. The van der Waals surface area contributed by atoms with Gasteiger partial charge in [-0.25, -0.2) is 0 Å². The first kappa shape index (κ1) is 22.9. The van der Waals surface area contributed by atoms with Crippen molar-refractivity contribution in [1.82, 2.24) is 0 Å². The van der Waals surface area contributed by atoms with Gasteiger partial charge in [-0.1, -0.05) is 0 Å². The number of rotatable bonds is 0. The largest absolute Gasteiger partial charge is 0 e. The van der Waals surface area contributed by atoms with E-state index >= 15 is 0 Å². The van der Waals surface area contributed by atoms with Crippen LogP contribution in [0.5, 0.6) is 0 Å². The second-order valence-electron chi connectivity index (χ2n) is 0.0680. The van der Waals surface area contributed by atoms with Gasteiger partial charge in [0.05, 0.1) is 0 Å². The van der Waals surface area contributed by atoms with Crippen molar-refractivity contribution < 1.29 is 36.5 Å². The molecule has 5 radical (unpaired) electrons. The Bertz CT molecular complexity index is 34.5. The van der Waals surface area contributed by atoms with Crippen molar-refractivity contribution in [2.24, 2.45) is 0 Å². The molecule has 0 amide bonds. The SMILES string of the molecule is [Cu].[Se]=S=[Se].[Sn].[Zn]. The van der Waals surface area contributed by atoms with Gasteiger partial charge in [-0.3, -0.25) is 0 Å². The molecule has 0 unspecified atom stereocenters. The van der Waals surface area contributed by atoms with Crippen LogP contribution in [0.3, 0.4) is 0 Å². The van der Waals surface area contributed by atoms with Crippen molar-refractivity contribution in [3.63, 3.8) is 0 Å². The molecule has 0 atom stereocenters. The normalized spacial score (nSPS) is 2.00. The van der Waals surface area contributed by atoms with Crippen LogP contribution in [-0.2, 0) is 36.5 Å². The molecule has 0 aromatic carbocycles. The molecule has 0 fully saturated rings. The fourth-order valence-corrected chi connectivity index (χ4v) is 0. The van der Waals surface area contributed by atoms with E-state index < -0.39 is 0 Å². The first-order valence-electron chi connectivity index (χ1n) is 0.333. The van der Waals surface area contributed by atoms with Gasteiger partial charge >= 0.3 is 36.4 Å². The first-order chi connectivity index (χ1) is 1.41. The van der Waals surface area contributed by atoms with Crippen molar-refractivity contribution >= 4 is 60.3 Å². The number of hydrogen-bond acceptors (Lipinski definition) is 0. The van der Waals surface area contributed by atoms with Crippen LogP contribution in [0.4, 0.5) is 0 Å². The second-order valence-corrected chi connectivity index (χ2v) is 5.51. The Morgan fingerprint density at radius 2 is 1.17 bits per heavy atom. The minimum absolute atomic E-state index is 0. The molecule has 6 heteroatoms. The molecule has 0 aliphatic carbocycles. The smallest absolute Gasteiger partial charge is 0 e. The van der Waals surface area contributed by atoms with Gasteiger partial charge in [0.1, 0.15) is 0 Å². The molecule has 0 aromatic rings. The van der Waals surface area contributed by atoms with E-state index in [-0.39, 0.29) is 60.5 Å². The van der Waals surface area contributed by atoms with E-state index in [0.717, 1.165) is 0 Å². The summed E-state index contributed by atoms with van der Waals surface area (Å²) in [5.41, 5.74) is 0. The molecule has 0 rings (SSSR count). The maximum Gasteiger partial charge on any atom is 0 e. The van der Waals surface area contributed by atoms with Gasteiger partial charge in [0.2, 0.25) is 0 Å². The van der Waals surface area contributed by atoms with Crippen molar-refractivity contribution in [3.8, 4) is 0 Å². The third kappa shape index (κ3) is 27.0. The van der Waals surface area contributed by atoms with Gasteiger partial charge in [-0.15, -0.1) is 0 Å². The number of hydrogen-bond donors (Lipinski definition) is 0. The second kappa shape index (κ2) is 24.1. The minimum Gasteiger partial charge on any atom is 0 e. The molecular formula is CuSSe2SnZn. The molecule has 0 spiro atoms. The summed E-state index contributed by atoms with van der Waals surface area (Å²) in [6.45, 7) is 0. The average molecular weight is 438 g/mol.